The molecule has 34 heavy (non-hydrogen) atoms. The number of carbonyl (C=O) groups is 1. The van der Waals surface area contributed by atoms with Crippen LogP contribution in [0.25, 0.3) is 5.69 Å². The molecule has 0 radical (unpaired) electrons. The fraction of sp³-hybridized carbons (Fsp3) is 0.429. The maximum atomic E-state index is 13.5. The summed E-state index contributed by atoms with van der Waals surface area (Å²) in [7, 11) is 1.63. The Morgan fingerprint density at radius 3 is 2.38 bits per heavy atom. The molecule has 1 aromatic heterocycles. The number of aryl methyl sites for hydroxylation is 1. The second kappa shape index (κ2) is 10.8. The molecule has 1 fully saturated rings. The summed E-state index contributed by atoms with van der Waals surface area (Å²) >= 11 is 0. The molecule has 1 unspecified atom stereocenters. The van der Waals surface area contributed by atoms with Crippen LogP contribution in [0.15, 0.2) is 54.6 Å². The number of amides is 1. The molecule has 0 saturated heterocycles. The number of para-hydroxylation sites is 3. The molecule has 0 aliphatic heterocycles. The predicted octanol–water partition coefficient (Wildman–Crippen LogP) is 6.30. The Morgan fingerprint density at radius 1 is 1.09 bits per heavy atom. The molecule has 1 aliphatic rings. The van der Waals surface area contributed by atoms with Crippen molar-refractivity contribution >= 4 is 5.91 Å². The van der Waals surface area contributed by atoms with Crippen molar-refractivity contribution in [2.45, 2.75) is 65.5 Å². The summed E-state index contributed by atoms with van der Waals surface area (Å²) in [5.74, 6) is 2.24. The molecular weight excluding hydrogens is 426 g/mol. The number of nitrogens with zero attached hydrogens (tertiary/aromatic N) is 3. The summed E-state index contributed by atoms with van der Waals surface area (Å²) in [6.07, 6.45) is 5.14. The quantitative estimate of drug-likeness (QED) is 0.375. The Bertz CT molecular complexity index is 1100. The molecule has 1 heterocycles. The Hall–Kier alpha value is -3.28. The third-order valence-electron chi connectivity index (χ3n) is 6.85. The molecular formula is C28H35N3O3. The molecule has 4 rings (SSSR count). The number of hydrogen-bond acceptors (Lipinski definition) is 4. The highest BCUT2D eigenvalue weighted by atomic mass is 16.5. The average Bonchev–Trinajstić information content (AvgIpc) is 3.51. The SMILES string of the molecule is CCC(C)N(Cc1c(C)nn(-c2ccccc2)c1Oc1ccccc1OC)C(=O)C1CCCC1. The highest BCUT2D eigenvalue weighted by Gasteiger charge is 2.32. The van der Waals surface area contributed by atoms with Crippen LogP contribution in [0, 0.1) is 12.8 Å². The zero-order chi connectivity index (χ0) is 24.1. The summed E-state index contributed by atoms with van der Waals surface area (Å²) in [4.78, 5) is 15.6. The molecule has 0 bridgehead atoms. The van der Waals surface area contributed by atoms with Gasteiger partial charge in [-0.15, -0.1) is 0 Å². The summed E-state index contributed by atoms with van der Waals surface area (Å²) in [6, 6.07) is 17.7. The lowest BCUT2D eigenvalue weighted by molar-refractivity contribution is -0.138. The Kier molecular flexibility index (Phi) is 7.56. The number of hydrogen-bond donors (Lipinski definition) is 0. The Balaban J connectivity index is 1.77. The third kappa shape index (κ3) is 4.96. The van der Waals surface area contributed by atoms with Gasteiger partial charge in [-0.25, -0.2) is 4.68 Å². The number of aromatic nitrogens is 2. The topological polar surface area (TPSA) is 56.6 Å². The molecule has 0 N–H and O–H groups in total. The van der Waals surface area contributed by atoms with Gasteiger partial charge in [0.1, 0.15) is 0 Å². The second-order valence-electron chi connectivity index (χ2n) is 9.07. The number of rotatable bonds is 9. The van der Waals surface area contributed by atoms with Crippen LogP contribution in [0.3, 0.4) is 0 Å². The van der Waals surface area contributed by atoms with E-state index in [0.29, 0.717) is 23.9 Å². The first-order valence-electron chi connectivity index (χ1n) is 12.3. The maximum absolute atomic E-state index is 13.5. The Labute approximate surface area is 202 Å². The van der Waals surface area contributed by atoms with Gasteiger partial charge in [-0.1, -0.05) is 50.1 Å². The largest absolute Gasteiger partial charge is 0.493 e. The van der Waals surface area contributed by atoms with Crippen molar-refractivity contribution in [1.82, 2.24) is 14.7 Å². The third-order valence-corrected chi connectivity index (χ3v) is 6.85. The van der Waals surface area contributed by atoms with Gasteiger partial charge >= 0.3 is 0 Å². The first kappa shape index (κ1) is 23.9. The van der Waals surface area contributed by atoms with E-state index in [1.165, 1.54) is 0 Å². The molecule has 6 nitrogen and oxygen atoms in total. The van der Waals surface area contributed by atoms with E-state index >= 15 is 0 Å². The van der Waals surface area contributed by atoms with E-state index in [1.807, 2.05) is 71.1 Å². The number of methoxy groups -OCH3 is 1. The van der Waals surface area contributed by atoms with E-state index in [1.54, 1.807) is 7.11 Å². The molecule has 3 aromatic rings. The van der Waals surface area contributed by atoms with E-state index in [-0.39, 0.29) is 17.9 Å². The van der Waals surface area contributed by atoms with Crippen LogP contribution in [-0.4, -0.2) is 33.7 Å². The van der Waals surface area contributed by atoms with Gasteiger partial charge < -0.3 is 14.4 Å². The molecule has 2 aromatic carbocycles. The van der Waals surface area contributed by atoms with E-state index in [9.17, 15) is 4.79 Å². The van der Waals surface area contributed by atoms with E-state index in [4.69, 9.17) is 14.6 Å². The molecule has 0 spiro atoms. The van der Waals surface area contributed by atoms with Crippen molar-refractivity contribution in [1.29, 1.82) is 0 Å². The number of benzene rings is 2. The second-order valence-corrected chi connectivity index (χ2v) is 9.07. The summed E-state index contributed by atoms with van der Waals surface area (Å²) < 4.78 is 13.9. The Morgan fingerprint density at radius 2 is 1.74 bits per heavy atom. The van der Waals surface area contributed by atoms with Crippen LogP contribution in [0.5, 0.6) is 17.4 Å². The van der Waals surface area contributed by atoms with Gasteiger partial charge in [0.25, 0.3) is 0 Å². The van der Waals surface area contributed by atoms with Gasteiger partial charge in [0.05, 0.1) is 30.6 Å². The van der Waals surface area contributed by atoms with Gasteiger partial charge in [-0.2, -0.15) is 5.10 Å². The average molecular weight is 462 g/mol. The number of carbonyl (C=O) groups excluding carboxylic acids is 1. The summed E-state index contributed by atoms with van der Waals surface area (Å²) in [5.41, 5.74) is 2.67. The highest BCUT2D eigenvalue weighted by Crippen LogP contribution is 2.37. The van der Waals surface area contributed by atoms with Crippen LogP contribution in [-0.2, 0) is 11.3 Å². The normalized spacial score (nSPS) is 14.7. The van der Waals surface area contributed by atoms with Crippen molar-refractivity contribution in [3.8, 4) is 23.1 Å². The lowest BCUT2D eigenvalue weighted by Crippen LogP contribution is -2.41. The maximum Gasteiger partial charge on any atom is 0.228 e. The van der Waals surface area contributed by atoms with Crippen LogP contribution in [0.2, 0.25) is 0 Å². The minimum atomic E-state index is 0.122. The molecule has 1 saturated carbocycles. The predicted molar refractivity (Wildman–Crippen MR) is 134 cm³/mol. The van der Waals surface area contributed by atoms with E-state index in [0.717, 1.165) is 49.0 Å². The van der Waals surface area contributed by atoms with Crippen molar-refractivity contribution in [3.63, 3.8) is 0 Å². The van der Waals surface area contributed by atoms with Crippen LogP contribution < -0.4 is 9.47 Å². The minimum Gasteiger partial charge on any atom is -0.493 e. The van der Waals surface area contributed by atoms with E-state index < -0.39 is 0 Å². The molecule has 1 amide bonds. The summed E-state index contributed by atoms with van der Waals surface area (Å²) in [5, 5.41) is 4.84. The lowest BCUT2D eigenvalue weighted by Gasteiger charge is -2.31. The van der Waals surface area contributed by atoms with Crippen molar-refractivity contribution < 1.29 is 14.3 Å². The van der Waals surface area contributed by atoms with Crippen LogP contribution >= 0.6 is 0 Å². The smallest absolute Gasteiger partial charge is 0.228 e. The highest BCUT2D eigenvalue weighted by molar-refractivity contribution is 5.79. The first-order valence-corrected chi connectivity index (χ1v) is 12.3. The van der Waals surface area contributed by atoms with Crippen molar-refractivity contribution in [2.75, 3.05) is 7.11 Å². The molecule has 1 atom stereocenters. The standard InChI is InChI=1S/C28H35N3O3/c1-5-20(2)30(27(32)22-13-9-10-14-22)19-24-21(3)29-31(23-15-7-6-8-16-23)28(24)34-26-18-12-11-17-25(26)33-4/h6-8,11-12,15-18,20,22H,5,9-10,13-14,19H2,1-4H3. The van der Waals surface area contributed by atoms with Crippen LogP contribution in [0.4, 0.5) is 0 Å². The minimum absolute atomic E-state index is 0.122. The lowest BCUT2D eigenvalue weighted by atomic mass is 10.0. The van der Waals surface area contributed by atoms with Crippen molar-refractivity contribution in [3.05, 3.63) is 65.9 Å². The van der Waals surface area contributed by atoms with Gasteiger partial charge in [0.2, 0.25) is 11.8 Å². The first-order chi connectivity index (χ1) is 16.5. The van der Waals surface area contributed by atoms with Crippen LogP contribution in [0.1, 0.15) is 57.2 Å². The van der Waals surface area contributed by atoms with Gasteiger partial charge in [-0.3, -0.25) is 4.79 Å². The fourth-order valence-corrected chi connectivity index (χ4v) is 4.63. The monoisotopic (exact) mass is 461 g/mol. The number of ether oxygens (including phenoxy) is 2. The molecule has 6 heteroatoms. The fourth-order valence-electron chi connectivity index (χ4n) is 4.63. The van der Waals surface area contributed by atoms with Gasteiger partial charge in [-0.05, 0) is 57.4 Å². The van der Waals surface area contributed by atoms with Gasteiger partial charge in [0.15, 0.2) is 11.5 Å². The van der Waals surface area contributed by atoms with E-state index in [2.05, 4.69) is 13.8 Å². The zero-order valence-electron chi connectivity index (χ0n) is 20.7. The van der Waals surface area contributed by atoms with Crippen molar-refractivity contribution in [2.24, 2.45) is 5.92 Å². The molecule has 180 valence electrons. The molecule has 1 aliphatic carbocycles. The van der Waals surface area contributed by atoms with Gasteiger partial charge in [0, 0.05) is 12.0 Å². The zero-order valence-corrected chi connectivity index (χ0v) is 20.7. The summed E-state index contributed by atoms with van der Waals surface area (Å²) in [6.45, 7) is 6.71.